The topological polar surface area (TPSA) is 46.2 Å². The van der Waals surface area contributed by atoms with Gasteiger partial charge < -0.3 is 5.32 Å². The molecule has 0 saturated heterocycles. The van der Waals surface area contributed by atoms with E-state index in [1.54, 1.807) is 36.4 Å². The maximum absolute atomic E-state index is 13.0. The van der Waals surface area contributed by atoms with E-state index >= 15 is 0 Å². The molecule has 0 unspecified atom stereocenters. The van der Waals surface area contributed by atoms with Crippen LogP contribution < -0.4 is 5.32 Å². The van der Waals surface area contributed by atoms with E-state index in [2.05, 4.69) is 5.32 Å². The van der Waals surface area contributed by atoms with Gasteiger partial charge in [-0.05, 0) is 37.1 Å². The van der Waals surface area contributed by atoms with E-state index in [9.17, 15) is 9.59 Å². The maximum atomic E-state index is 13.0. The lowest BCUT2D eigenvalue weighted by atomic mass is 9.87. The minimum absolute atomic E-state index is 0.00193. The molecule has 1 amide bonds. The van der Waals surface area contributed by atoms with E-state index < -0.39 is 5.54 Å². The molecule has 1 N–H and O–H groups in total. The average Bonchev–Trinajstić information content (AvgIpc) is 3.05. The molecule has 0 bridgehead atoms. The molecule has 1 aliphatic rings. The minimum Gasteiger partial charge on any atom is -0.339 e. The Morgan fingerprint density at radius 1 is 0.870 bits per heavy atom. The normalized spacial score (nSPS) is 16.0. The first-order chi connectivity index (χ1) is 11.1. The number of hydrogen-bond acceptors (Lipinski definition) is 2. The summed E-state index contributed by atoms with van der Waals surface area (Å²) >= 11 is 5.86. The van der Waals surface area contributed by atoms with Crippen LogP contribution in [0.5, 0.6) is 0 Å². The Balaban J connectivity index is 1.85. The second-order valence-corrected chi connectivity index (χ2v) is 6.38. The van der Waals surface area contributed by atoms with Crippen molar-refractivity contribution >= 4 is 23.3 Å². The third-order valence-corrected chi connectivity index (χ3v) is 4.64. The quantitative estimate of drug-likeness (QED) is 0.853. The first-order valence-corrected chi connectivity index (χ1v) is 8.16. The zero-order valence-corrected chi connectivity index (χ0v) is 13.5. The maximum Gasteiger partial charge on any atom is 0.252 e. The van der Waals surface area contributed by atoms with E-state index in [-0.39, 0.29) is 11.7 Å². The van der Waals surface area contributed by atoms with Gasteiger partial charge >= 0.3 is 0 Å². The van der Waals surface area contributed by atoms with Crippen LogP contribution in [0.15, 0.2) is 54.6 Å². The predicted molar refractivity (Wildman–Crippen MR) is 90.9 cm³/mol. The van der Waals surface area contributed by atoms with Crippen molar-refractivity contribution in [2.24, 2.45) is 0 Å². The molecular weight excluding hydrogens is 310 g/mol. The number of carbonyl (C=O) groups excluding carboxylic acids is 2. The molecule has 1 aliphatic carbocycles. The molecular formula is C19H18ClNO2. The Labute approximate surface area is 140 Å². The van der Waals surface area contributed by atoms with E-state index in [4.69, 9.17) is 11.6 Å². The molecule has 0 aromatic heterocycles. The van der Waals surface area contributed by atoms with Crippen LogP contribution in [0.1, 0.15) is 46.4 Å². The lowest BCUT2D eigenvalue weighted by molar-refractivity contribution is 0.0770. The van der Waals surface area contributed by atoms with Gasteiger partial charge in [0, 0.05) is 16.1 Å². The summed E-state index contributed by atoms with van der Waals surface area (Å²) in [7, 11) is 0. The highest BCUT2D eigenvalue weighted by Crippen LogP contribution is 2.33. The lowest BCUT2D eigenvalue weighted by Crippen LogP contribution is -2.52. The van der Waals surface area contributed by atoms with Crippen LogP contribution in [0.3, 0.4) is 0 Å². The van der Waals surface area contributed by atoms with Gasteiger partial charge in [-0.1, -0.05) is 54.8 Å². The second-order valence-electron chi connectivity index (χ2n) is 5.95. The van der Waals surface area contributed by atoms with Crippen LogP contribution >= 0.6 is 11.6 Å². The van der Waals surface area contributed by atoms with Crippen molar-refractivity contribution in [3.05, 3.63) is 70.7 Å². The first-order valence-electron chi connectivity index (χ1n) is 7.79. The van der Waals surface area contributed by atoms with E-state index in [0.717, 1.165) is 12.8 Å². The summed E-state index contributed by atoms with van der Waals surface area (Å²) in [4.78, 5) is 25.5. The fourth-order valence-corrected chi connectivity index (χ4v) is 3.27. The molecule has 0 atom stereocenters. The van der Waals surface area contributed by atoms with E-state index in [1.807, 2.05) is 18.2 Å². The highest BCUT2D eigenvalue weighted by molar-refractivity contribution is 6.30. The van der Waals surface area contributed by atoms with E-state index in [1.165, 1.54) is 0 Å². The summed E-state index contributed by atoms with van der Waals surface area (Å²) in [5.41, 5.74) is 0.366. The Hall–Kier alpha value is -2.13. The number of ketones is 1. The average molecular weight is 328 g/mol. The molecule has 1 fully saturated rings. The molecule has 23 heavy (non-hydrogen) atoms. The summed E-state index contributed by atoms with van der Waals surface area (Å²) in [6.07, 6.45) is 3.25. The number of Topliss-reactive ketones (excluding diaryl/α,β-unsaturated/α-hetero) is 1. The van der Waals surface area contributed by atoms with Crippen molar-refractivity contribution < 1.29 is 9.59 Å². The highest BCUT2D eigenvalue weighted by Gasteiger charge is 2.42. The predicted octanol–water partition coefficient (Wildman–Crippen LogP) is 4.27. The summed E-state index contributed by atoms with van der Waals surface area (Å²) in [5.74, 6) is -0.231. The molecule has 2 aromatic carbocycles. The zero-order valence-electron chi connectivity index (χ0n) is 12.7. The molecule has 1 saturated carbocycles. The molecule has 3 nitrogen and oxygen atoms in total. The van der Waals surface area contributed by atoms with Crippen molar-refractivity contribution in [2.45, 2.75) is 31.2 Å². The second kappa shape index (κ2) is 6.55. The van der Waals surface area contributed by atoms with Crippen molar-refractivity contribution in [1.29, 1.82) is 0 Å². The van der Waals surface area contributed by atoms with Gasteiger partial charge in [-0.3, -0.25) is 9.59 Å². The van der Waals surface area contributed by atoms with Crippen molar-refractivity contribution in [3.8, 4) is 0 Å². The van der Waals surface area contributed by atoms with Crippen LogP contribution in [0.2, 0.25) is 5.02 Å². The number of hydrogen-bond donors (Lipinski definition) is 1. The van der Waals surface area contributed by atoms with Gasteiger partial charge in [0.2, 0.25) is 0 Å². The number of amides is 1. The third kappa shape index (κ3) is 3.30. The minimum atomic E-state index is -0.794. The van der Waals surface area contributed by atoms with Gasteiger partial charge in [-0.25, -0.2) is 0 Å². The van der Waals surface area contributed by atoms with Gasteiger partial charge in [0.15, 0.2) is 5.78 Å². The van der Waals surface area contributed by atoms with Crippen molar-refractivity contribution in [3.63, 3.8) is 0 Å². The standard InChI is InChI=1S/C19H18ClNO2/c20-16-10-8-15(9-11-16)18(23)21-19(12-4-5-13-19)17(22)14-6-2-1-3-7-14/h1-3,6-11H,4-5,12-13H2,(H,21,23). The van der Waals surface area contributed by atoms with Gasteiger partial charge in [-0.15, -0.1) is 0 Å². The Morgan fingerprint density at radius 2 is 1.48 bits per heavy atom. The van der Waals surface area contributed by atoms with Gasteiger partial charge in [0.1, 0.15) is 5.54 Å². The summed E-state index contributed by atoms with van der Waals surface area (Å²) < 4.78 is 0. The summed E-state index contributed by atoms with van der Waals surface area (Å²) in [6, 6.07) is 15.9. The van der Waals surface area contributed by atoms with Crippen LogP contribution in [0.25, 0.3) is 0 Å². The first kappa shape index (κ1) is 15.8. The molecule has 3 rings (SSSR count). The third-order valence-electron chi connectivity index (χ3n) is 4.39. The SMILES string of the molecule is O=C(NC1(C(=O)c2ccccc2)CCCC1)c1ccc(Cl)cc1. The van der Waals surface area contributed by atoms with E-state index in [0.29, 0.717) is 29.0 Å². The Bertz CT molecular complexity index is 704. The summed E-state index contributed by atoms with van der Waals surface area (Å²) in [6.45, 7) is 0. The molecule has 0 heterocycles. The van der Waals surface area contributed by atoms with Crippen LogP contribution in [0, 0.1) is 0 Å². The fourth-order valence-electron chi connectivity index (χ4n) is 3.14. The number of halogens is 1. The van der Waals surface area contributed by atoms with Gasteiger partial charge in [0.25, 0.3) is 5.91 Å². The Kier molecular flexibility index (Phi) is 4.49. The number of nitrogens with one attached hydrogen (secondary N) is 1. The van der Waals surface area contributed by atoms with Gasteiger partial charge in [-0.2, -0.15) is 0 Å². The molecule has 0 spiro atoms. The fraction of sp³-hybridized carbons (Fsp3) is 0.263. The molecule has 0 radical (unpaired) electrons. The van der Waals surface area contributed by atoms with Crippen molar-refractivity contribution in [2.75, 3.05) is 0 Å². The lowest BCUT2D eigenvalue weighted by Gasteiger charge is -2.29. The molecule has 2 aromatic rings. The van der Waals surface area contributed by atoms with Crippen LogP contribution in [-0.4, -0.2) is 17.2 Å². The smallest absolute Gasteiger partial charge is 0.252 e. The highest BCUT2D eigenvalue weighted by atomic mass is 35.5. The number of benzene rings is 2. The number of rotatable bonds is 4. The van der Waals surface area contributed by atoms with Gasteiger partial charge in [0.05, 0.1) is 0 Å². The molecule has 4 heteroatoms. The number of carbonyl (C=O) groups is 2. The molecule has 0 aliphatic heterocycles. The monoisotopic (exact) mass is 327 g/mol. The summed E-state index contributed by atoms with van der Waals surface area (Å²) in [5, 5.41) is 3.58. The molecule has 118 valence electrons. The zero-order chi connectivity index (χ0) is 16.3. The largest absolute Gasteiger partial charge is 0.339 e. The van der Waals surface area contributed by atoms with Crippen LogP contribution in [-0.2, 0) is 0 Å². The van der Waals surface area contributed by atoms with Crippen LogP contribution in [0.4, 0.5) is 0 Å². The Morgan fingerprint density at radius 3 is 2.09 bits per heavy atom. The van der Waals surface area contributed by atoms with Crippen molar-refractivity contribution in [1.82, 2.24) is 5.32 Å².